The molecule has 3 heterocycles. The average Bonchev–Trinajstić information content (AvgIpc) is 3.42. The van der Waals surface area contributed by atoms with Crippen molar-refractivity contribution in [3.63, 3.8) is 0 Å². The van der Waals surface area contributed by atoms with Crippen LogP contribution in [-0.4, -0.2) is 65.2 Å². The molecule has 2 N–H and O–H groups in total. The smallest absolute Gasteiger partial charge is 0.281 e. The number of aromatic amines is 1. The molecule has 0 radical (unpaired) electrons. The van der Waals surface area contributed by atoms with E-state index in [2.05, 4.69) is 25.0 Å². The van der Waals surface area contributed by atoms with Crippen LogP contribution in [0.4, 0.5) is 0 Å². The van der Waals surface area contributed by atoms with Gasteiger partial charge in [-0.2, -0.15) is 4.31 Å². The van der Waals surface area contributed by atoms with Crippen LogP contribution in [0.3, 0.4) is 0 Å². The lowest BCUT2D eigenvalue weighted by atomic mass is 9.96. The zero-order chi connectivity index (χ0) is 30.2. The lowest BCUT2D eigenvalue weighted by Gasteiger charge is -2.30. The highest BCUT2D eigenvalue weighted by Crippen LogP contribution is 2.30. The molecule has 1 aliphatic heterocycles. The van der Waals surface area contributed by atoms with Crippen LogP contribution in [0.1, 0.15) is 62.3 Å². The van der Waals surface area contributed by atoms with E-state index in [-0.39, 0.29) is 40.4 Å². The molecule has 2 fully saturated rings. The largest absolute Gasteiger partial charge is 0.308 e. The Bertz CT molecular complexity index is 1900. The number of sulfonamides is 2. The maximum Gasteiger partial charge on any atom is 0.281 e. The fourth-order valence-corrected chi connectivity index (χ4v) is 8.76. The summed E-state index contributed by atoms with van der Waals surface area (Å²) in [5.41, 5.74) is 0.856. The Morgan fingerprint density at radius 3 is 2.28 bits per heavy atom. The highest BCUT2D eigenvalue weighted by molar-refractivity contribution is 7.89. The molecule has 43 heavy (non-hydrogen) atoms. The first kappa shape index (κ1) is 29.9. The lowest BCUT2D eigenvalue weighted by Crippen LogP contribution is -2.38. The average molecular weight is 646 g/mol. The molecule has 2 aromatic carbocycles. The molecule has 6 rings (SSSR count). The van der Waals surface area contributed by atoms with E-state index >= 15 is 0 Å². The normalized spacial score (nSPS) is 17.9. The monoisotopic (exact) mass is 645 g/mol. The number of piperidine rings is 1. The van der Waals surface area contributed by atoms with Gasteiger partial charge in [0.15, 0.2) is 11.2 Å². The number of nitrogens with one attached hydrogen (secondary N) is 2. The summed E-state index contributed by atoms with van der Waals surface area (Å²) >= 11 is 6.30. The minimum Gasteiger partial charge on any atom is -0.308 e. The van der Waals surface area contributed by atoms with E-state index in [0.29, 0.717) is 35.9 Å². The van der Waals surface area contributed by atoms with Crippen molar-refractivity contribution in [3.05, 3.63) is 75.3 Å². The van der Waals surface area contributed by atoms with Gasteiger partial charge in [0.05, 0.1) is 16.3 Å². The van der Waals surface area contributed by atoms with Gasteiger partial charge in [-0.25, -0.2) is 31.2 Å². The maximum absolute atomic E-state index is 13.4. The van der Waals surface area contributed by atoms with Gasteiger partial charge in [-0.3, -0.25) is 4.79 Å². The number of H-pyrrole nitrogens is 1. The molecule has 1 aliphatic carbocycles. The van der Waals surface area contributed by atoms with Gasteiger partial charge in [0, 0.05) is 30.1 Å². The molecule has 2 aromatic heterocycles. The van der Waals surface area contributed by atoms with E-state index in [1.54, 1.807) is 6.07 Å². The second-order valence-electron chi connectivity index (χ2n) is 11.1. The number of aromatic nitrogens is 5. The van der Waals surface area contributed by atoms with Crippen molar-refractivity contribution in [1.82, 2.24) is 34.0 Å². The first-order valence-electron chi connectivity index (χ1n) is 14.3. The summed E-state index contributed by atoms with van der Waals surface area (Å²) in [6.07, 6.45) is 5.60. The standard InChI is InChI=1S/C28H32ClN7O5S2/c29-24-9-5-4-6-20(24)18-36-27-25(32-34-36)28(37)31-26(30-27)19-14-16-35(17-15-19)43(40,41)23-12-10-22(11-13-23)42(38,39)33-21-7-2-1-3-8-21/h4-6,9-13,19,21,33H,1-3,7-8,14-18H2,(H,30,31,37). The third-order valence-corrected chi connectivity index (χ3v) is 12.0. The number of halogens is 1. The van der Waals surface area contributed by atoms with Crippen molar-refractivity contribution < 1.29 is 16.8 Å². The molecule has 1 saturated carbocycles. The van der Waals surface area contributed by atoms with E-state index in [1.165, 1.54) is 33.3 Å². The zero-order valence-electron chi connectivity index (χ0n) is 23.3. The van der Waals surface area contributed by atoms with Gasteiger partial charge in [-0.05, 0) is 61.6 Å². The molecular formula is C28H32ClN7O5S2. The molecule has 0 bridgehead atoms. The molecule has 0 amide bonds. The highest BCUT2D eigenvalue weighted by atomic mass is 35.5. The second-order valence-corrected chi connectivity index (χ2v) is 15.1. The number of benzene rings is 2. The van der Waals surface area contributed by atoms with Gasteiger partial charge in [-0.1, -0.05) is 54.3 Å². The number of nitrogens with zero attached hydrogens (tertiary/aromatic N) is 5. The van der Waals surface area contributed by atoms with E-state index in [1.807, 2.05) is 18.2 Å². The Kier molecular flexibility index (Phi) is 8.39. The first-order valence-corrected chi connectivity index (χ1v) is 17.6. The lowest BCUT2D eigenvalue weighted by molar-refractivity contribution is 0.313. The van der Waals surface area contributed by atoms with Crippen molar-refractivity contribution in [1.29, 1.82) is 0 Å². The van der Waals surface area contributed by atoms with Crippen LogP contribution in [0, 0.1) is 0 Å². The van der Waals surface area contributed by atoms with Crippen LogP contribution in [0.5, 0.6) is 0 Å². The van der Waals surface area contributed by atoms with Gasteiger partial charge in [0.1, 0.15) is 5.82 Å². The van der Waals surface area contributed by atoms with E-state index in [4.69, 9.17) is 11.6 Å². The summed E-state index contributed by atoms with van der Waals surface area (Å²) in [7, 11) is -7.58. The third-order valence-electron chi connectivity index (χ3n) is 8.21. The Morgan fingerprint density at radius 1 is 0.907 bits per heavy atom. The summed E-state index contributed by atoms with van der Waals surface area (Å²) in [4.78, 5) is 20.4. The van der Waals surface area contributed by atoms with Crippen molar-refractivity contribution in [2.24, 2.45) is 0 Å². The maximum atomic E-state index is 13.4. The number of rotatable bonds is 8. The molecule has 1 saturated heterocycles. The van der Waals surface area contributed by atoms with E-state index in [9.17, 15) is 21.6 Å². The molecule has 4 aromatic rings. The first-order chi connectivity index (χ1) is 20.6. The summed E-state index contributed by atoms with van der Waals surface area (Å²) < 4.78 is 58.1. The summed E-state index contributed by atoms with van der Waals surface area (Å²) in [5.74, 6) is 0.280. The molecule has 0 unspecified atom stereocenters. The number of hydrogen-bond acceptors (Lipinski definition) is 8. The van der Waals surface area contributed by atoms with Crippen molar-refractivity contribution in [3.8, 4) is 0 Å². The summed E-state index contributed by atoms with van der Waals surface area (Å²) in [6, 6.07) is 12.6. The fourth-order valence-electron chi connectivity index (χ4n) is 5.79. The van der Waals surface area contributed by atoms with E-state index in [0.717, 1.165) is 37.7 Å². The van der Waals surface area contributed by atoms with E-state index < -0.39 is 25.6 Å². The second kappa shape index (κ2) is 12.1. The molecule has 12 nitrogen and oxygen atoms in total. The predicted octanol–water partition coefficient (Wildman–Crippen LogP) is 3.40. The van der Waals surface area contributed by atoms with Crippen molar-refractivity contribution in [2.75, 3.05) is 13.1 Å². The van der Waals surface area contributed by atoms with Gasteiger partial charge >= 0.3 is 0 Å². The zero-order valence-corrected chi connectivity index (χ0v) is 25.7. The van der Waals surface area contributed by atoms with Gasteiger partial charge in [0.25, 0.3) is 5.56 Å². The number of hydrogen-bond donors (Lipinski definition) is 2. The molecule has 15 heteroatoms. The molecule has 0 spiro atoms. The SMILES string of the molecule is O=c1[nH]c(C2CCN(S(=O)(=O)c3ccc(S(=O)(=O)NC4CCCCC4)cc3)CC2)nc2c1nnn2Cc1ccccc1Cl. The van der Waals surface area contributed by atoms with Crippen LogP contribution in [0.15, 0.2) is 63.1 Å². The third kappa shape index (κ3) is 6.25. The van der Waals surface area contributed by atoms with Crippen LogP contribution in [0.2, 0.25) is 5.02 Å². The van der Waals surface area contributed by atoms with Crippen LogP contribution >= 0.6 is 11.6 Å². The quantitative estimate of drug-likeness (QED) is 0.295. The summed E-state index contributed by atoms with van der Waals surface area (Å²) in [5, 5.41) is 8.66. The fraction of sp³-hybridized carbons (Fsp3) is 0.429. The van der Waals surface area contributed by atoms with Crippen molar-refractivity contribution >= 4 is 42.8 Å². The topological polar surface area (TPSA) is 160 Å². The van der Waals surface area contributed by atoms with Crippen LogP contribution in [-0.2, 0) is 26.6 Å². The van der Waals surface area contributed by atoms with Crippen molar-refractivity contribution in [2.45, 2.75) is 73.2 Å². The Morgan fingerprint density at radius 2 is 1.58 bits per heavy atom. The highest BCUT2D eigenvalue weighted by Gasteiger charge is 2.32. The predicted molar refractivity (Wildman–Crippen MR) is 161 cm³/mol. The van der Waals surface area contributed by atoms with Crippen LogP contribution in [0.25, 0.3) is 11.2 Å². The molecule has 2 aliphatic rings. The number of fused-ring (bicyclic) bond motifs is 1. The van der Waals surface area contributed by atoms with Gasteiger partial charge in [-0.15, -0.1) is 5.10 Å². The Balaban J connectivity index is 1.14. The van der Waals surface area contributed by atoms with Crippen LogP contribution < -0.4 is 10.3 Å². The van der Waals surface area contributed by atoms with Gasteiger partial charge in [0.2, 0.25) is 20.0 Å². The molecule has 0 atom stereocenters. The van der Waals surface area contributed by atoms with Gasteiger partial charge < -0.3 is 4.98 Å². The summed E-state index contributed by atoms with van der Waals surface area (Å²) in [6.45, 7) is 0.726. The minimum absolute atomic E-state index is 0.0325. The molecule has 228 valence electrons. The minimum atomic E-state index is -3.85. The Hall–Kier alpha value is -3.17. The Labute approximate surface area is 254 Å². The molecular weight excluding hydrogens is 614 g/mol.